The van der Waals surface area contributed by atoms with Crippen LogP contribution in [0.5, 0.6) is 0 Å². The van der Waals surface area contributed by atoms with Crippen LogP contribution in [-0.2, 0) is 0 Å². The first-order valence-corrected chi connectivity index (χ1v) is 8.03. The van der Waals surface area contributed by atoms with E-state index in [1.165, 1.54) is 25.7 Å². The van der Waals surface area contributed by atoms with Gasteiger partial charge in [-0.2, -0.15) is 0 Å². The third-order valence-corrected chi connectivity index (χ3v) is 4.44. The van der Waals surface area contributed by atoms with Crippen LogP contribution in [0.1, 0.15) is 25.7 Å². The van der Waals surface area contributed by atoms with E-state index < -0.39 is 0 Å². The molecule has 0 aliphatic heterocycles. The molecule has 0 saturated heterocycles. The van der Waals surface area contributed by atoms with Gasteiger partial charge in [0.25, 0.3) is 0 Å². The molecule has 1 saturated carbocycles. The monoisotopic (exact) mass is 312 g/mol. The summed E-state index contributed by atoms with van der Waals surface area (Å²) in [4.78, 5) is 8.99. The van der Waals surface area contributed by atoms with E-state index in [1.807, 2.05) is 41.1 Å². The van der Waals surface area contributed by atoms with Crippen molar-refractivity contribution < 1.29 is 0 Å². The van der Waals surface area contributed by atoms with Gasteiger partial charge in [0.05, 0.1) is 5.02 Å². The number of hydrogen-bond acceptors (Lipinski definition) is 3. The Kier molecular flexibility index (Phi) is 3.47. The number of nitrogens with zero attached hydrogens (tertiary/aromatic N) is 3. The number of rotatable bonds is 3. The van der Waals surface area contributed by atoms with Crippen molar-refractivity contribution in [2.75, 3.05) is 5.32 Å². The molecule has 5 heteroatoms. The van der Waals surface area contributed by atoms with E-state index in [4.69, 9.17) is 16.6 Å². The van der Waals surface area contributed by atoms with Crippen LogP contribution in [0, 0.1) is 0 Å². The first-order valence-electron chi connectivity index (χ1n) is 7.66. The minimum atomic E-state index is 0.509. The lowest BCUT2D eigenvalue weighted by Gasteiger charge is -2.14. The van der Waals surface area contributed by atoms with Crippen LogP contribution in [0.15, 0.2) is 42.9 Å². The fourth-order valence-electron chi connectivity index (χ4n) is 3.12. The second-order valence-electron chi connectivity index (χ2n) is 5.75. The Bertz CT molecular complexity index is 791. The highest BCUT2D eigenvalue weighted by Gasteiger charge is 2.20. The van der Waals surface area contributed by atoms with Gasteiger partial charge < -0.3 is 5.32 Å². The average Bonchev–Trinajstić information content (AvgIpc) is 3.17. The molecular weight excluding hydrogens is 296 g/mol. The van der Waals surface area contributed by atoms with Crippen molar-refractivity contribution in [2.24, 2.45) is 0 Å². The summed E-state index contributed by atoms with van der Waals surface area (Å²) in [5.41, 5.74) is 2.84. The molecule has 0 atom stereocenters. The molecule has 1 N–H and O–H groups in total. The zero-order chi connectivity index (χ0) is 14.9. The van der Waals surface area contributed by atoms with Crippen molar-refractivity contribution in [3.8, 4) is 11.3 Å². The lowest BCUT2D eigenvalue weighted by Crippen LogP contribution is -2.16. The molecule has 0 aromatic carbocycles. The molecule has 112 valence electrons. The minimum Gasteiger partial charge on any atom is -0.367 e. The van der Waals surface area contributed by atoms with E-state index in [-0.39, 0.29) is 0 Å². The molecule has 3 heterocycles. The van der Waals surface area contributed by atoms with Gasteiger partial charge >= 0.3 is 0 Å². The smallest absolute Gasteiger partial charge is 0.139 e. The molecule has 0 spiro atoms. The standard InChI is InChI=1S/C17H17ClN4/c18-13-7-8-15-21-16(12-4-3-9-19-10-12)17(22(15)11-13)20-14-5-1-2-6-14/h3-4,7-11,14,20H,1-2,5-6H2. The number of halogens is 1. The van der Waals surface area contributed by atoms with Gasteiger partial charge in [-0.15, -0.1) is 0 Å². The highest BCUT2D eigenvalue weighted by atomic mass is 35.5. The van der Waals surface area contributed by atoms with Crippen molar-refractivity contribution in [1.29, 1.82) is 0 Å². The Balaban J connectivity index is 1.86. The predicted molar refractivity (Wildman–Crippen MR) is 89.3 cm³/mol. The normalized spacial score (nSPS) is 15.5. The first kappa shape index (κ1) is 13.6. The van der Waals surface area contributed by atoms with Crippen molar-refractivity contribution in [3.63, 3.8) is 0 Å². The number of imidazole rings is 1. The van der Waals surface area contributed by atoms with E-state index in [0.717, 1.165) is 22.7 Å². The summed E-state index contributed by atoms with van der Waals surface area (Å²) in [5.74, 6) is 1.01. The van der Waals surface area contributed by atoms with E-state index in [0.29, 0.717) is 11.1 Å². The van der Waals surface area contributed by atoms with Crippen LogP contribution in [0.2, 0.25) is 5.02 Å². The summed E-state index contributed by atoms with van der Waals surface area (Å²) >= 11 is 6.17. The number of nitrogens with one attached hydrogen (secondary N) is 1. The second kappa shape index (κ2) is 5.61. The highest BCUT2D eigenvalue weighted by molar-refractivity contribution is 6.30. The van der Waals surface area contributed by atoms with Gasteiger partial charge in [0.2, 0.25) is 0 Å². The zero-order valence-electron chi connectivity index (χ0n) is 12.2. The van der Waals surface area contributed by atoms with E-state index in [1.54, 1.807) is 6.20 Å². The lowest BCUT2D eigenvalue weighted by molar-refractivity contribution is 0.749. The summed E-state index contributed by atoms with van der Waals surface area (Å²) < 4.78 is 2.04. The summed E-state index contributed by atoms with van der Waals surface area (Å²) in [6, 6.07) is 8.30. The molecule has 0 amide bonds. The maximum atomic E-state index is 6.17. The molecule has 0 unspecified atom stereocenters. The van der Waals surface area contributed by atoms with Crippen LogP contribution in [0.4, 0.5) is 5.82 Å². The maximum absolute atomic E-state index is 6.17. The largest absolute Gasteiger partial charge is 0.367 e. The van der Waals surface area contributed by atoms with Crippen LogP contribution in [0.3, 0.4) is 0 Å². The Morgan fingerprint density at radius 1 is 1.18 bits per heavy atom. The number of hydrogen-bond donors (Lipinski definition) is 1. The van der Waals surface area contributed by atoms with Crippen molar-refractivity contribution in [1.82, 2.24) is 14.4 Å². The molecule has 4 rings (SSSR count). The van der Waals surface area contributed by atoms with E-state index in [9.17, 15) is 0 Å². The average molecular weight is 313 g/mol. The van der Waals surface area contributed by atoms with Gasteiger partial charge in [-0.05, 0) is 37.1 Å². The molecule has 22 heavy (non-hydrogen) atoms. The lowest BCUT2D eigenvalue weighted by atomic mass is 10.2. The minimum absolute atomic E-state index is 0.509. The van der Waals surface area contributed by atoms with Crippen molar-refractivity contribution in [3.05, 3.63) is 47.9 Å². The van der Waals surface area contributed by atoms with E-state index in [2.05, 4.69) is 10.3 Å². The Morgan fingerprint density at radius 2 is 2.05 bits per heavy atom. The van der Waals surface area contributed by atoms with Gasteiger partial charge in [-0.1, -0.05) is 24.4 Å². The molecule has 1 fully saturated rings. The van der Waals surface area contributed by atoms with Crippen LogP contribution in [0.25, 0.3) is 16.9 Å². The molecule has 3 aromatic rings. The quantitative estimate of drug-likeness (QED) is 0.779. The van der Waals surface area contributed by atoms with Crippen molar-refractivity contribution >= 4 is 23.1 Å². The Hall–Kier alpha value is -2.07. The Labute approximate surface area is 134 Å². The van der Waals surface area contributed by atoms with Crippen LogP contribution >= 0.6 is 11.6 Å². The molecule has 4 nitrogen and oxygen atoms in total. The zero-order valence-corrected chi connectivity index (χ0v) is 12.9. The van der Waals surface area contributed by atoms with E-state index >= 15 is 0 Å². The fraction of sp³-hybridized carbons (Fsp3) is 0.294. The number of anilines is 1. The third-order valence-electron chi connectivity index (χ3n) is 4.21. The predicted octanol–water partition coefficient (Wildman–Crippen LogP) is 4.40. The molecule has 0 radical (unpaired) electrons. The molecule has 1 aliphatic carbocycles. The molecule has 1 aliphatic rings. The summed E-state index contributed by atoms with van der Waals surface area (Å²) in [6.07, 6.45) is 10.5. The van der Waals surface area contributed by atoms with Gasteiger partial charge in [-0.25, -0.2) is 4.98 Å². The summed E-state index contributed by atoms with van der Waals surface area (Å²) in [5, 5.41) is 4.38. The van der Waals surface area contributed by atoms with Gasteiger partial charge in [0.15, 0.2) is 0 Å². The topological polar surface area (TPSA) is 42.2 Å². The van der Waals surface area contributed by atoms with Gasteiger partial charge in [-0.3, -0.25) is 9.38 Å². The number of pyridine rings is 2. The number of fused-ring (bicyclic) bond motifs is 1. The summed E-state index contributed by atoms with van der Waals surface area (Å²) in [6.45, 7) is 0. The van der Waals surface area contributed by atoms with Crippen LogP contribution in [-0.4, -0.2) is 20.4 Å². The highest BCUT2D eigenvalue weighted by Crippen LogP contribution is 2.32. The van der Waals surface area contributed by atoms with Crippen LogP contribution < -0.4 is 5.32 Å². The molecule has 0 bridgehead atoms. The molecular formula is C17H17ClN4. The second-order valence-corrected chi connectivity index (χ2v) is 6.19. The SMILES string of the molecule is Clc1ccc2nc(-c3cccnc3)c(NC3CCCC3)n2c1. The third kappa shape index (κ3) is 2.44. The van der Waals surface area contributed by atoms with Gasteiger partial charge in [0.1, 0.15) is 17.2 Å². The Morgan fingerprint density at radius 3 is 2.82 bits per heavy atom. The molecule has 3 aromatic heterocycles. The first-order chi connectivity index (χ1) is 10.8. The number of aromatic nitrogens is 3. The fourth-order valence-corrected chi connectivity index (χ4v) is 3.28. The van der Waals surface area contributed by atoms with Crippen molar-refractivity contribution in [2.45, 2.75) is 31.7 Å². The maximum Gasteiger partial charge on any atom is 0.139 e. The van der Waals surface area contributed by atoms with Gasteiger partial charge in [0, 0.05) is 30.2 Å². The summed E-state index contributed by atoms with van der Waals surface area (Å²) in [7, 11) is 0.